The van der Waals surface area contributed by atoms with Gasteiger partial charge in [0.1, 0.15) is 5.69 Å². The number of fused-ring (bicyclic) bond motifs is 1. The number of rotatable bonds is 4. The molecule has 2 aliphatic heterocycles. The molecule has 2 aromatic rings. The van der Waals surface area contributed by atoms with E-state index in [2.05, 4.69) is 20.2 Å². The zero-order chi connectivity index (χ0) is 21.3. The van der Waals surface area contributed by atoms with Crippen LogP contribution in [0, 0.1) is 12.9 Å². The van der Waals surface area contributed by atoms with E-state index in [1.54, 1.807) is 19.1 Å². The number of aromatic amines is 1. The molecule has 0 saturated heterocycles. The number of aryl methyl sites for hydroxylation is 1. The highest BCUT2D eigenvalue weighted by molar-refractivity contribution is 5.92. The van der Waals surface area contributed by atoms with Gasteiger partial charge in [0.25, 0.3) is 11.5 Å². The van der Waals surface area contributed by atoms with Crippen LogP contribution in [0.15, 0.2) is 29.1 Å². The minimum atomic E-state index is -0.623. The number of aromatic nitrogens is 2. The molecule has 7 nitrogen and oxygen atoms in total. The SMILES string of the molecule is CNC(=O)c1ccc(C2=CCN(CC3Cc4[nH]c(=O)c(C)cc4CO3)CC2)c(F)n1. The van der Waals surface area contributed by atoms with Gasteiger partial charge >= 0.3 is 0 Å². The summed E-state index contributed by atoms with van der Waals surface area (Å²) in [4.78, 5) is 32.5. The van der Waals surface area contributed by atoms with Gasteiger partial charge < -0.3 is 15.0 Å². The number of nitrogens with one attached hydrogen (secondary N) is 2. The molecule has 0 aromatic carbocycles. The smallest absolute Gasteiger partial charge is 0.269 e. The molecule has 0 aliphatic carbocycles. The molecule has 8 heteroatoms. The summed E-state index contributed by atoms with van der Waals surface area (Å²) < 4.78 is 20.4. The number of carbonyl (C=O) groups is 1. The van der Waals surface area contributed by atoms with Crippen molar-refractivity contribution in [2.75, 3.05) is 26.7 Å². The molecule has 0 bridgehead atoms. The highest BCUT2D eigenvalue weighted by Crippen LogP contribution is 2.25. The monoisotopic (exact) mass is 412 g/mol. The molecular weight excluding hydrogens is 387 g/mol. The predicted octanol–water partition coefficient (Wildman–Crippen LogP) is 1.81. The third-order valence-corrected chi connectivity index (χ3v) is 5.72. The molecule has 0 saturated carbocycles. The number of carbonyl (C=O) groups excluding carboxylic acids is 1. The predicted molar refractivity (Wildman–Crippen MR) is 111 cm³/mol. The van der Waals surface area contributed by atoms with E-state index >= 15 is 0 Å². The summed E-state index contributed by atoms with van der Waals surface area (Å²) in [7, 11) is 1.49. The van der Waals surface area contributed by atoms with Crippen LogP contribution in [0.1, 0.15) is 39.3 Å². The molecule has 0 fully saturated rings. The summed E-state index contributed by atoms with van der Waals surface area (Å²) in [6, 6.07) is 5.06. The molecular formula is C22H25FN4O3. The first kappa shape index (κ1) is 20.4. The lowest BCUT2D eigenvalue weighted by molar-refractivity contribution is 0.00549. The number of hydrogen-bond donors (Lipinski definition) is 2. The topological polar surface area (TPSA) is 87.3 Å². The minimum Gasteiger partial charge on any atom is -0.372 e. The molecule has 30 heavy (non-hydrogen) atoms. The molecule has 4 rings (SSSR count). The van der Waals surface area contributed by atoms with Crippen molar-refractivity contribution in [3.8, 4) is 0 Å². The van der Waals surface area contributed by atoms with Gasteiger partial charge in [-0.1, -0.05) is 6.08 Å². The Morgan fingerprint density at radius 1 is 1.43 bits per heavy atom. The first-order valence-electron chi connectivity index (χ1n) is 10.1. The van der Waals surface area contributed by atoms with Crippen molar-refractivity contribution in [2.45, 2.75) is 32.5 Å². The van der Waals surface area contributed by atoms with Crippen LogP contribution in [-0.2, 0) is 17.8 Å². The van der Waals surface area contributed by atoms with Gasteiger partial charge in [-0.15, -0.1) is 0 Å². The zero-order valence-electron chi connectivity index (χ0n) is 17.1. The van der Waals surface area contributed by atoms with Crippen molar-refractivity contribution in [1.82, 2.24) is 20.2 Å². The van der Waals surface area contributed by atoms with Crippen LogP contribution < -0.4 is 10.9 Å². The van der Waals surface area contributed by atoms with Crippen LogP contribution in [0.25, 0.3) is 5.57 Å². The van der Waals surface area contributed by atoms with E-state index in [0.717, 1.165) is 29.9 Å². The first-order chi connectivity index (χ1) is 14.4. The standard InChI is InChI=1S/C22H25FN4O3/c1-13-9-15-12-30-16(10-19(15)26-21(13)28)11-27-7-5-14(6-8-27)17-3-4-18(22(29)24-2)25-20(17)23/h3-5,9,16H,6-8,10-12H2,1-2H3,(H,24,29)(H,26,28). The normalized spacial score (nSPS) is 19.2. The van der Waals surface area contributed by atoms with Crippen molar-refractivity contribution in [1.29, 1.82) is 0 Å². The summed E-state index contributed by atoms with van der Waals surface area (Å²) >= 11 is 0. The Bertz CT molecular complexity index is 1060. The second-order valence-corrected chi connectivity index (χ2v) is 7.78. The van der Waals surface area contributed by atoms with Crippen LogP contribution in [0.3, 0.4) is 0 Å². The van der Waals surface area contributed by atoms with E-state index in [1.807, 2.05) is 12.1 Å². The fourth-order valence-electron chi connectivity index (χ4n) is 3.99. The second kappa shape index (κ2) is 8.49. The molecule has 1 unspecified atom stereocenters. The van der Waals surface area contributed by atoms with Gasteiger partial charge in [0.2, 0.25) is 5.95 Å². The fourth-order valence-corrected chi connectivity index (χ4v) is 3.99. The fraction of sp³-hybridized carbons (Fsp3) is 0.409. The highest BCUT2D eigenvalue weighted by atomic mass is 19.1. The Balaban J connectivity index is 1.39. The van der Waals surface area contributed by atoms with Gasteiger partial charge in [0.05, 0.1) is 12.7 Å². The third kappa shape index (κ3) is 4.20. The summed E-state index contributed by atoms with van der Waals surface area (Å²) in [6.45, 7) is 4.51. The summed E-state index contributed by atoms with van der Waals surface area (Å²) in [5, 5.41) is 2.44. The molecule has 2 aliphatic rings. The summed E-state index contributed by atoms with van der Waals surface area (Å²) in [5.41, 5.74) is 4.08. The van der Waals surface area contributed by atoms with Gasteiger partial charge in [0, 0.05) is 49.9 Å². The van der Waals surface area contributed by atoms with Crippen LogP contribution in [0.5, 0.6) is 0 Å². The highest BCUT2D eigenvalue weighted by Gasteiger charge is 2.24. The number of halogens is 1. The van der Waals surface area contributed by atoms with Gasteiger partial charge in [-0.25, -0.2) is 4.98 Å². The number of hydrogen-bond acceptors (Lipinski definition) is 5. The third-order valence-electron chi connectivity index (χ3n) is 5.72. The van der Waals surface area contributed by atoms with Crippen molar-refractivity contribution >= 4 is 11.5 Å². The van der Waals surface area contributed by atoms with E-state index in [4.69, 9.17) is 4.74 Å². The van der Waals surface area contributed by atoms with E-state index in [1.165, 1.54) is 7.05 Å². The Labute approximate surface area is 174 Å². The number of nitrogens with zero attached hydrogens (tertiary/aromatic N) is 2. The number of pyridine rings is 2. The lowest BCUT2D eigenvalue weighted by atomic mass is 9.99. The van der Waals surface area contributed by atoms with Gasteiger partial charge in [-0.2, -0.15) is 4.39 Å². The molecule has 2 aromatic heterocycles. The van der Waals surface area contributed by atoms with Crippen molar-refractivity contribution in [2.24, 2.45) is 0 Å². The molecule has 158 valence electrons. The maximum atomic E-state index is 14.4. The molecule has 1 atom stereocenters. The second-order valence-electron chi connectivity index (χ2n) is 7.78. The minimum absolute atomic E-state index is 0.0102. The first-order valence-corrected chi connectivity index (χ1v) is 10.1. The zero-order valence-corrected chi connectivity index (χ0v) is 17.1. The van der Waals surface area contributed by atoms with Crippen molar-refractivity contribution < 1.29 is 13.9 Å². The van der Waals surface area contributed by atoms with E-state index in [0.29, 0.717) is 37.1 Å². The number of ether oxygens (including phenoxy) is 1. The Morgan fingerprint density at radius 3 is 2.97 bits per heavy atom. The Hall–Kier alpha value is -2.84. The molecule has 2 N–H and O–H groups in total. The molecule has 4 heterocycles. The summed E-state index contributed by atoms with van der Waals surface area (Å²) in [5.74, 6) is -1.03. The van der Waals surface area contributed by atoms with Crippen molar-refractivity contribution in [3.05, 3.63) is 68.7 Å². The van der Waals surface area contributed by atoms with Gasteiger partial charge in [0.15, 0.2) is 0 Å². The lowest BCUT2D eigenvalue weighted by Gasteiger charge is -2.32. The van der Waals surface area contributed by atoms with Crippen LogP contribution in [0.2, 0.25) is 0 Å². The van der Waals surface area contributed by atoms with Crippen LogP contribution in [-0.4, -0.2) is 53.6 Å². The Kier molecular flexibility index (Phi) is 5.78. The average Bonchev–Trinajstić information content (AvgIpc) is 2.75. The average molecular weight is 412 g/mol. The van der Waals surface area contributed by atoms with Crippen molar-refractivity contribution in [3.63, 3.8) is 0 Å². The number of H-pyrrole nitrogens is 1. The maximum absolute atomic E-state index is 14.4. The molecule has 0 radical (unpaired) electrons. The summed E-state index contributed by atoms with van der Waals surface area (Å²) in [6.07, 6.45) is 3.39. The van der Waals surface area contributed by atoms with E-state index in [9.17, 15) is 14.0 Å². The largest absolute Gasteiger partial charge is 0.372 e. The van der Waals surface area contributed by atoms with Gasteiger partial charge in [-0.05, 0) is 42.7 Å². The van der Waals surface area contributed by atoms with E-state index < -0.39 is 11.9 Å². The van der Waals surface area contributed by atoms with Crippen LogP contribution >= 0.6 is 0 Å². The van der Waals surface area contributed by atoms with Gasteiger partial charge in [-0.3, -0.25) is 14.5 Å². The van der Waals surface area contributed by atoms with Crippen LogP contribution in [0.4, 0.5) is 4.39 Å². The number of amides is 1. The quantitative estimate of drug-likeness (QED) is 0.748. The Morgan fingerprint density at radius 2 is 2.27 bits per heavy atom. The molecule has 0 spiro atoms. The maximum Gasteiger partial charge on any atom is 0.269 e. The van der Waals surface area contributed by atoms with E-state index in [-0.39, 0.29) is 17.4 Å². The lowest BCUT2D eigenvalue weighted by Crippen LogP contribution is -2.40. The molecule has 1 amide bonds.